The number of pyridine rings is 1. The minimum Gasteiger partial charge on any atom is -0.326 e. The molecule has 174 valence electrons. The van der Waals surface area contributed by atoms with Gasteiger partial charge < -0.3 is 5.32 Å². The van der Waals surface area contributed by atoms with Crippen molar-refractivity contribution in [1.82, 2.24) is 4.98 Å². The number of hydrogen-bond acceptors (Lipinski definition) is 4. The van der Waals surface area contributed by atoms with Crippen molar-refractivity contribution in [2.24, 2.45) is 28.8 Å². The van der Waals surface area contributed by atoms with Crippen LogP contribution in [0.25, 0.3) is 0 Å². The summed E-state index contributed by atoms with van der Waals surface area (Å²) in [5.41, 5.74) is 0.00785. The van der Waals surface area contributed by atoms with E-state index >= 15 is 0 Å². The molecule has 0 bridgehead atoms. The summed E-state index contributed by atoms with van der Waals surface area (Å²) in [6.07, 6.45) is -3.91. The third-order valence-electron chi connectivity index (χ3n) is 6.29. The van der Waals surface area contributed by atoms with Gasteiger partial charge in [-0.25, -0.2) is 27.3 Å². The van der Waals surface area contributed by atoms with Gasteiger partial charge >= 0.3 is 6.18 Å². The largest absolute Gasteiger partial charge is 0.391 e. The summed E-state index contributed by atoms with van der Waals surface area (Å²) in [4.78, 5) is 16.5. The van der Waals surface area contributed by atoms with E-state index in [4.69, 9.17) is 5.14 Å². The number of alkyl halides is 5. The molecule has 31 heavy (non-hydrogen) atoms. The number of carbonyl (C=O) groups is 1. The van der Waals surface area contributed by atoms with E-state index in [9.17, 15) is 35.2 Å². The van der Waals surface area contributed by atoms with E-state index in [0.717, 1.165) is 12.3 Å². The van der Waals surface area contributed by atoms with E-state index in [1.165, 1.54) is 6.07 Å². The van der Waals surface area contributed by atoms with Crippen molar-refractivity contribution in [2.75, 3.05) is 5.32 Å². The summed E-state index contributed by atoms with van der Waals surface area (Å²) >= 11 is 0. The number of nitrogens with one attached hydrogen (secondary N) is 1. The number of aromatic nitrogens is 1. The van der Waals surface area contributed by atoms with Crippen molar-refractivity contribution in [2.45, 2.75) is 62.1 Å². The van der Waals surface area contributed by atoms with Crippen LogP contribution in [0.15, 0.2) is 23.4 Å². The van der Waals surface area contributed by atoms with Crippen molar-refractivity contribution in [3.63, 3.8) is 0 Å². The SMILES string of the molecule is NS(=O)(=O)c1cc(NC(=O)C2CC(F)(F)CCC2C2CCCC(C(F)(F)F)C2)ccn1. The molecule has 2 fully saturated rings. The van der Waals surface area contributed by atoms with E-state index in [0.29, 0.717) is 12.8 Å². The van der Waals surface area contributed by atoms with Crippen LogP contribution >= 0.6 is 0 Å². The normalized spacial score (nSPS) is 29.4. The lowest BCUT2D eigenvalue weighted by Crippen LogP contribution is -2.44. The van der Waals surface area contributed by atoms with Crippen LogP contribution in [0.5, 0.6) is 0 Å². The molecule has 1 heterocycles. The molecule has 0 aromatic carbocycles. The lowest BCUT2D eigenvalue weighted by Gasteiger charge is -2.42. The van der Waals surface area contributed by atoms with Crippen molar-refractivity contribution in [3.8, 4) is 0 Å². The fourth-order valence-corrected chi connectivity index (χ4v) is 5.30. The zero-order valence-electron chi connectivity index (χ0n) is 16.5. The number of anilines is 1. The molecule has 1 aromatic rings. The van der Waals surface area contributed by atoms with Crippen LogP contribution < -0.4 is 10.5 Å². The maximum Gasteiger partial charge on any atom is 0.391 e. The zero-order valence-corrected chi connectivity index (χ0v) is 17.4. The summed E-state index contributed by atoms with van der Waals surface area (Å²) in [6.45, 7) is 0. The molecule has 12 heteroatoms. The molecule has 3 N–H and O–H groups in total. The Bertz CT molecular complexity index is 923. The van der Waals surface area contributed by atoms with Gasteiger partial charge in [-0.3, -0.25) is 4.79 Å². The fourth-order valence-electron chi connectivity index (χ4n) is 4.80. The number of sulfonamides is 1. The topological polar surface area (TPSA) is 102 Å². The van der Waals surface area contributed by atoms with Crippen LogP contribution in [0.2, 0.25) is 0 Å². The number of nitrogens with zero attached hydrogens (tertiary/aromatic N) is 1. The summed E-state index contributed by atoms with van der Waals surface area (Å²) in [5, 5.41) is 6.92. The van der Waals surface area contributed by atoms with Gasteiger partial charge in [0, 0.05) is 36.7 Å². The Labute approximate surface area is 176 Å². The van der Waals surface area contributed by atoms with Gasteiger partial charge in [-0.2, -0.15) is 13.2 Å². The van der Waals surface area contributed by atoms with Crippen LogP contribution in [-0.2, 0) is 14.8 Å². The van der Waals surface area contributed by atoms with Crippen LogP contribution in [0.4, 0.5) is 27.6 Å². The van der Waals surface area contributed by atoms with Gasteiger partial charge in [0.05, 0.1) is 5.92 Å². The second kappa shape index (κ2) is 8.61. The molecule has 4 atom stereocenters. The number of hydrogen-bond donors (Lipinski definition) is 2. The van der Waals surface area contributed by atoms with E-state index in [1.54, 1.807) is 0 Å². The van der Waals surface area contributed by atoms with Crippen molar-refractivity contribution >= 4 is 21.6 Å². The molecule has 0 spiro atoms. The molecule has 2 aliphatic rings. The van der Waals surface area contributed by atoms with Gasteiger partial charge in [0.1, 0.15) is 0 Å². The molecule has 1 aromatic heterocycles. The smallest absolute Gasteiger partial charge is 0.326 e. The predicted octanol–water partition coefficient (Wildman–Crippen LogP) is 4.09. The number of nitrogens with two attached hydrogens (primary N) is 1. The number of amides is 1. The number of rotatable bonds is 4. The molecule has 0 aliphatic heterocycles. The Balaban J connectivity index is 1.81. The summed E-state index contributed by atoms with van der Waals surface area (Å²) < 4.78 is 90.8. The Morgan fingerprint density at radius 1 is 1.23 bits per heavy atom. The highest BCUT2D eigenvalue weighted by atomic mass is 32.2. The number of carbonyl (C=O) groups excluding carboxylic acids is 1. The average Bonchev–Trinajstić information content (AvgIpc) is 2.66. The number of primary sulfonamides is 1. The average molecular weight is 469 g/mol. The molecule has 6 nitrogen and oxygen atoms in total. The monoisotopic (exact) mass is 469 g/mol. The molecule has 2 saturated carbocycles. The first-order chi connectivity index (χ1) is 14.3. The first-order valence-electron chi connectivity index (χ1n) is 10.0. The van der Waals surface area contributed by atoms with Crippen LogP contribution in [0.1, 0.15) is 44.9 Å². The first kappa shape index (κ1) is 23.8. The second-order valence-corrected chi connectivity index (χ2v) is 9.96. The standard InChI is InChI=1S/C19H24F5N3O3S/c20-18(21)6-4-14(11-2-1-3-12(8-11)19(22,23)24)15(10-18)17(28)27-13-5-7-26-16(9-13)31(25,29)30/h5,7,9,11-12,14-15H,1-4,6,8,10H2,(H2,25,29,30)(H,26,27,28). The Morgan fingerprint density at radius 2 is 1.94 bits per heavy atom. The third kappa shape index (κ3) is 5.91. The highest BCUT2D eigenvalue weighted by molar-refractivity contribution is 7.89. The van der Waals surface area contributed by atoms with Gasteiger partial charge in [-0.15, -0.1) is 0 Å². The van der Waals surface area contributed by atoms with E-state index < -0.39 is 69.6 Å². The number of halogens is 5. The van der Waals surface area contributed by atoms with E-state index in [2.05, 4.69) is 10.3 Å². The van der Waals surface area contributed by atoms with Crippen LogP contribution in [0.3, 0.4) is 0 Å². The van der Waals surface area contributed by atoms with Crippen molar-refractivity contribution < 1.29 is 35.2 Å². The Hall–Kier alpha value is -1.82. The quantitative estimate of drug-likeness (QED) is 0.649. The fraction of sp³-hybridized carbons (Fsp3) is 0.684. The molecule has 0 saturated heterocycles. The Morgan fingerprint density at radius 3 is 2.58 bits per heavy atom. The minimum absolute atomic E-state index is 0.00704. The van der Waals surface area contributed by atoms with E-state index in [1.807, 2.05) is 0 Å². The molecule has 3 rings (SSSR count). The molecule has 2 aliphatic carbocycles. The maximum atomic E-state index is 14.1. The summed E-state index contributed by atoms with van der Waals surface area (Å²) in [7, 11) is -4.14. The molecular weight excluding hydrogens is 445 g/mol. The van der Waals surface area contributed by atoms with Gasteiger partial charge in [0.25, 0.3) is 10.0 Å². The van der Waals surface area contributed by atoms with Crippen LogP contribution in [-0.4, -0.2) is 31.4 Å². The van der Waals surface area contributed by atoms with Crippen LogP contribution in [0, 0.1) is 23.7 Å². The molecule has 4 unspecified atom stereocenters. The minimum atomic E-state index is -4.35. The van der Waals surface area contributed by atoms with Gasteiger partial charge in [0.15, 0.2) is 5.03 Å². The highest BCUT2D eigenvalue weighted by Crippen LogP contribution is 2.50. The lowest BCUT2D eigenvalue weighted by molar-refractivity contribution is -0.189. The first-order valence-corrected chi connectivity index (χ1v) is 11.6. The molecular formula is C19H24F5N3O3S. The summed E-state index contributed by atoms with van der Waals surface area (Å²) in [6, 6.07) is 2.28. The van der Waals surface area contributed by atoms with E-state index in [-0.39, 0.29) is 24.9 Å². The molecule has 1 amide bonds. The molecule has 0 radical (unpaired) electrons. The van der Waals surface area contributed by atoms with Gasteiger partial charge in [-0.05, 0) is 37.2 Å². The zero-order chi connectivity index (χ0) is 23.0. The predicted molar refractivity (Wildman–Crippen MR) is 102 cm³/mol. The lowest BCUT2D eigenvalue weighted by atomic mass is 9.65. The third-order valence-corrected chi connectivity index (χ3v) is 7.10. The Kier molecular flexibility index (Phi) is 6.62. The summed E-state index contributed by atoms with van der Waals surface area (Å²) in [5.74, 6) is -7.64. The maximum absolute atomic E-state index is 14.1. The van der Waals surface area contributed by atoms with Gasteiger partial charge in [0.2, 0.25) is 11.8 Å². The van der Waals surface area contributed by atoms with Crippen molar-refractivity contribution in [3.05, 3.63) is 18.3 Å². The van der Waals surface area contributed by atoms with Crippen molar-refractivity contribution in [1.29, 1.82) is 0 Å². The second-order valence-electron chi connectivity index (χ2n) is 8.45. The van der Waals surface area contributed by atoms with Gasteiger partial charge in [-0.1, -0.05) is 12.8 Å². The highest BCUT2D eigenvalue weighted by Gasteiger charge is 2.50.